The minimum Gasteiger partial charge on any atom is -0.383 e. The number of nitrogens with zero attached hydrogens (tertiary/aromatic N) is 4. The Hall–Kier alpha value is -2.72. The number of rotatable bonds is 5. The lowest BCUT2D eigenvalue weighted by Crippen LogP contribution is -2.03. The second kappa shape index (κ2) is 5.95. The Morgan fingerprint density at radius 1 is 1.55 bits per heavy atom. The number of aromatic nitrogens is 2. The first-order chi connectivity index (χ1) is 9.65. The molecule has 0 saturated heterocycles. The molecule has 1 aromatic heterocycles. The van der Waals surface area contributed by atoms with Crippen LogP contribution < -0.4 is 0 Å². The summed E-state index contributed by atoms with van der Waals surface area (Å²) >= 11 is 0. The van der Waals surface area contributed by atoms with Gasteiger partial charge in [-0.25, -0.2) is 0 Å². The summed E-state index contributed by atoms with van der Waals surface area (Å²) in [5.41, 5.74) is 1.52. The topological polar surface area (TPSA) is 94.0 Å². The Morgan fingerprint density at radius 3 is 3.00 bits per heavy atom. The van der Waals surface area contributed by atoms with E-state index in [0.29, 0.717) is 18.7 Å². The molecule has 0 aliphatic carbocycles. The lowest BCUT2D eigenvalue weighted by atomic mass is 10.0. The summed E-state index contributed by atoms with van der Waals surface area (Å²) < 4.78 is 6.66. The van der Waals surface area contributed by atoms with Crippen molar-refractivity contribution in [2.75, 3.05) is 13.7 Å². The first kappa shape index (κ1) is 13.7. The van der Waals surface area contributed by atoms with Crippen LogP contribution in [0.4, 0.5) is 5.69 Å². The van der Waals surface area contributed by atoms with Crippen molar-refractivity contribution in [3.8, 4) is 17.2 Å². The largest absolute Gasteiger partial charge is 0.383 e. The van der Waals surface area contributed by atoms with Gasteiger partial charge in [-0.15, -0.1) is 0 Å². The zero-order valence-corrected chi connectivity index (χ0v) is 10.8. The monoisotopic (exact) mass is 272 g/mol. The molecule has 0 bridgehead atoms. The summed E-state index contributed by atoms with van der Waals surface area (Å²) in [5, 5.41) is 24.0. The van der Waals surface area contributed by atoms with Crippen LogP contribution in [0.3, 0.4) is 0 Å². The van der Waals surface area contributed by atoms with Gasteiger partial charge in [-0.2, -0.15) is 10.4 Å². The van der Waals surface area contributed by atoms with Crippen molar-refractivity contribution in [2.45, 2.75) is 6.54 Å². The van der Waals surface area contributed by atoms with Crippen LogP contribution in [0.15, 0.2) is 30.6 Å². The number of ether oxygens (including phenoxy) is 1. The van der Waals surface area contributed by atoms with Crippen molar-refractivity contribution in [3.05, 3.63) is 46.3 Å². The minimum absolute atomic E-state index is 0.0999. The molecule has 0 aliphatic rings. The highest BCUT2D eigenvalue weighted by Gasteiger charge is 2.13. The molecule has 0 atom stereocenters. The standard InChI is InChI=1S/C13H12N4O3/c1-20-5-4-16-9-11(8-15-16)13-3-2-12(17(18)19)6-10(13)7-14/h2-3,6,8-9H,4-5H2,1H3. The van der Waals surface area contributed by atoms with Crippen molar-refractivity contribution < 1.29 is 9.66 Å². The normalized spacial score (nSPS) is 10.2. The number of hydrogen-bond donors (Lipinski definition) is 0. The maximum absolute atomic E-state index is 10.7. The molecule has 20 heavy (non-hydrogen) atoms. The number of methoxy groups -OCH3 is 1. The van der Waals surface area contributed by atoms with Crippen molar-refractivity contribution in [2.24, 2.45) is 0 Å². The van der Waals surface area contributed by atoms with Crippen molar-refractivity contribution in [1.82, 2.24) is 9.78 Å². The lowest BCUT2D eigenvalue weighted by Gasteiger charge is -2.01. The Bertz CT molecular complexity index is 672. The number of nitriles is 1. The molecule has 1 aromatic carbocycles. The Balaban J connectivity index is 2.35. The molecule has 0 unspecified atom stereocenters. The van der Waals surface area contributed by atoms with Gasteiger partial charge in [-0.1, -0.05) is 0 Å². The number of hydrogen-bond acceptors (Lipinski definition) is 5. The number of benzene rings is 1. The van der Waals surface area contributed by atoms with E-state index >= 15 is 0 Å². The van der Waals surface area contributed by atoms with Crippen LogP contribution in [0.25, 0.3) is 11.1 Å². The first-order valence-electron chi connectivity index (χ1n) is 5.86. The average molecular weight is 272 g/mol. The van der Waals surface area contributed by atoms with Crippen LogP contribution >= 0.6 is 0 Å². The SMILES string of the molecule is COCCn1cc(-c2ccc([N+](=O)[O-])cc2C#N)cn1. The molecular formula is C13H12N4O3. The number of nitro benzene ring substituents is 1. The fourth-order valence-corrected chi connectivity index (χ4v) is 1.80. The molecule has 7 heteroatoms. The zero-order chi connectivity index (χ0) is 14.5. The van der Waals surface area contributed by atoms with Crippen LogP contribution in [0.2, 0.25) is 0 Å². The Labute approximate surface area is 115 Å². The molecular weight excluding hydrogens is 260 g/mol. The third-order valence-electron chi connectivity index (χ3n) is 2.80. The summed E-state index contributed by atoms with van der Waals surface area (Å²) in [6.07, 6.45) is 3.40. The van der Waals surface area contributed by atoms with E-state index in [0.717, 1.165) is 5.56 Å². The summed E-state index contributed by atoms with van der Waals surface area (Å²) in [4.78, 5) is 10.2. The van der Waals surface area contributed by atoms with E-state index in [9.17, 15) is 10.1 Å². The van der Waals surface area contributed by atoms with Gasteiger partial charge >= 0.3 is 0 Å². The smallest absolute Gasteiger partial charge is 0.270 e. The Morgan fingerprint density at radius 2 is 2.35 bits per heavy atom. The summed E-state index contributed by atoms with van der Waals surface area (Å²) in [6.45, 7) is 1.14. The quantitative estimate of drug-likeness (QED) is 0.612. The van der Waals surface area contributed by atoms with Gasteiger partial charge in [-0.3, -0.25) is 14.8 Å². The van der Waals surface area contributed by atoms with Crippen LogP contribution in [0.5, 0.6) is 0 Å². The Kier molecular flexibility index (Phi) is 4.08. The third kappa shape index (κ3) is 2.81. The van der Waals surface area contributed by atoms with Gasteiger partial charge < -0.3 is 4.74 Å². The third-order valence-corrected chi connectivity index (χ3v) is 2.80. The molecule has 0 amide bonds. The highest BCUT2D eigenvalue weighted by atomic mass is 16.6. The lowest BCUT2D eigenvalue weighted by molar-refractivity contribution is -0.384. The summed E-state index contributed by atoms with van der Waals surface area (Å²) in [5.74, 6) is 0. The van der Waals surface area contributed by atoms with E-state index in [4.69, 9.17) is 10.00 Å². The van der Waals surface area contributed by atoms with Crippen molar-refractivity contribution >= 4 is 5.69 Å². The first-order valence-corrected chi connectivity index (χ1v) is 5.86. The van der Waals surface area contributed by atoms with Crippen molar-refractivity contribution in [3.63, 3.8) is 0 Å². The molecule has 7 nitrogen and oxygen atoms in total. The van der Waals surface area contributed by atoms with Crippen molar-refractivity contribution in [1.29, 1.82) is 5.26 Å². The molecule has 0 saturated carbocycles. The van der Waals surface area contributed by atoms with Gasteiger partial charge in [-0.05, 0) is 6.07 Å². The highest BCUT2D eigenvalue weighted by Crippen LogP contribution is 2.26. The van der Waals surface area contributed by atoms with E-state index < -0.39 is 4.92 Å². The fraction of sp³-hybridized carbons (Fsp3) is 0.231. The summed E-state index contributed by atoms with van der Waals surface area (Å²) in [7, 11) is 1.61. The molecule has 0 aliphatic heterocycles. The summed E-state index contributed by atoms with van der Waals surface area (Å²) in [6, 6.07) is 6.18. The molecule has 2 aromatic rings. The van der Waals surface area contributed by atoms with Crippen LogP contribution in [0, 0.1) is 21.4 Å². The predicted molar refractivity (Wildman–Crippen MR) is 70.9 cm³/mol. The average Bonchev–Trinajstić information content (AvgIpc) is 2.92. The van der Waals surface area contributed by atoms with Gasteiger partial charge in [0.25, 0.3) is 5.69 Å². The van der Waals surface area contributed by atoms with Crippen LogP contribution in [-0.2, 0) is 11.3 Å². The van der Waals surface area contributed by atoms with E-state index in [1.54, 1.807) is 30.3 Å². The molecule has 1 heterocycles. The van der Waals surface area contributed by atoms with Gasteiger partial charge in [0, 0.05) is 36.6 Å². The molecule has 0 N–H and O–H groups in total. The van der Waals surface area contributed by atoms with Gasteiger partial charge in [0.1, 0.15) is 6.07 Å². The van der Waals surface area contributed by atoms with E-state index in [1.165, 1.54) is 12.1 Å². The van der Waals surface area contributed by atoms with Gasteiger partial charge in [0.2, 0.25) is 0 Å². The van der Waals surface area contributed by atoms with E-state index in [-0.39, 0.29) is 11.3 Å². The predicted octanol–water partition coefficient (Wildman–Crippen LogP) is 1.98. The maximum Gasteiger partial charge on any atom is 0.270 e. The zero-order valence-electron chi connectivity index (χ0n) is 10.8. The molecule has 0 fully saturated rings. The maximum atomic E-state index is 10.7. The van der Waals surface area contributed by atoms with E-state index in [2.05, 4.69) is 5.10 Å². The second-order valence-corrected chi connectivity index (χ2v) is 4.08. The van der Waals surface area contributed by atoms with Gasteiger partial charge in [0.05, 0.1) is 29.8 Å². The molecule has 0 spiro atoms. The molecule has 102 valence electrons. The van der Waals surface area contributed by atoms with Crippen LogP contribution in [0.1, 0.15) is 5.56 Å². The second-order valence-electron chi connectivity index (χ2n) is 4.08. The van der Waals surface area contributed by atoms with Gasteiger partial charge in [0.15, 0.2) is 0 Å². The molecule has 0 radical (unpaired) electrons. The van der Waals surface area contributed by atoms with Crippen LogP contribution in [-0.4, -0.2) is 28.4 Å². The van der Waals surface area contributed by atoms with E-state index in [1.807, 2.05) is 6.07 Å². The molecule has 2 rings (SSSR count). The number of nitro groups is 1. The highest BCUT2D eigenvalue weighted by molar-refractivity contribution is 5.71. The fourth-order valence-electron chi connectivity index (χ4n) is 1.80. The number of non-ortho nitro benzene ring substituents is 1. The minimum atomic E-state index is -0.521.